The lowest BCUT2D eigenvalue weighted by molar-refractivity contribution is -0.131. The minimum absolute atomic E-state index is 0.143. The molecule has 0 bridgehead atoms. The summed E-state index contributed by atoms with van der Waals surface area (Å²) in [5.74, 6) is -0.000191. The summed E-state index contributed by atoms with van der Waals surface area (Å²) < 4.78 is 11.2. The molecule has 1 aliphatic heterocycles. The molecule has 0 radical (unpaired) electrons. The highest BCUT2D eigenvalue weighted by Gasteiger charge is 2.41. The van der Waals surface area contributed by atoms with Crippen LogP contribution in [0, 0.1) is 0 Å². The molecule has 0 saturated carbocycles. The molecule has 0 unspecified atom stereocenters. The Labute approximate surface area is 174 Å². The maximum absolute atomic E-state index is 13.1. The number of nitrogen functional groups attached to an aromatic ring is 1. The third-order valence-electron chi connectivity index (χ3n) is 4.88. The summed E-state index contributed by atoms with van der Waals surface area (Å²) in [7, 11) is 0. The van der Waals surface area contributed by atoms with Crippen molar-refractivity contribution in [3.05, 3.63) is 83.9 Å². The lowest BCUT2D eigenvalue weighted by Gasteiger charge is -2.38. The van der Waals surface area contributed by atoms with E-state index in [4.69, 9.17) is 15.2 Å². The van der Waals surface area contributed by atoms with Gasteiger partial charge in [-0.3, -0.25) is 9.69 Å². The Morgan fingerprint density at radius 3 is 2.43 bits per heavy atom. The van der Waals surface area contributed by atoms with Crippen LogP contribution in [-0.2, 0) is 16.1 Å². The number of anilines is 3. The zero-order valence-electron chi connectivity index (χ0n) is 16.8. The molecule has 4 rings (SSSR count). The van der Waals surface area contributed by atoms with Crippen LogP contribution >= 0.6 is 0 Å². The minimum atomic E-state index is -1.02. The van der Waals surface area contributed by atoms with Crippen LogP contribution in [-0.4, -0.2) is 17.5 Å². The zero-order chi connectivity index (χ0) is 21.3. The van der Waals surface area contributed by atoms with Gasteiger partial charge in [-0.15, -0.1) is 0 Å². The summed E-state index contributed by atoms with van der Waals surface area (Å²) in [6.07, 6.45) is 0. The number of hydrogen-bond donors (Lipinski definition) is 1. The number of nitrogens with two attached hydrogens (primary N) is 1. The summed E-state index contributed by atoms with van der Waals surface area (Å²) >= 11 is 0. The average Bonchev–Trinajstić information content (AvgIpc) is 2.74. The van der Waals surface area contributed by atoms with Crippen molar-refractivity contribution in [1.82, 2.24) is 0 Å². The van der Waals surface area contributed by atoms with E-state index in [-0.39, 0.29) is 18.5 Å². The number of esters is 1. The SMILES string of the molecule is CC1(C)Oc2cc(N)ccc2N(c2ccc(COC(=O)c3ccccc3)cc2)C1=O. The van der Waals surface area contributed by atoms with Gasteiger partial charge in [0.25, 0.3) is 5.91 Å². The number of ether oxygens (including phenoxy) is 2. The summed E-state index contributed by atoms with van der Waals surface area (Å²) in [6, 6.07) is 21.4. The third-order valence-corrected chi connectivity index (χ3v) is 4.88. The van der Waals surface area contributed by atoms with Crippen LogP contribution in [0.25, 0.3) is 0 Å². The van der Waals surface area contributed by atoms with Gasteiger partial charge < -0.3 is 15.2 Å². The molecule has 3 aromatic rings. The van der Waals surface area contributed by atoms with Crippen molar-refractivity contribution >= 4 is 28.9 Å². The largest absolute Gasteiger partial charge is 0.476 e. The van der Waals surface area contributed by atoms with E-state index in [9.17, 15) is 9.59 Å². The second-order valence-electron chi connectivity index (χ2n) is 7.59. The van der Waals surface area contributed by atoms with Crippen LogP contribution in [0.2, 0.25) is 0 Å². The molecule has 152 valence electrons. The number of benzene rings is 3. The molecule has 0 aliphatic carbocycles. The summed E-state index contributed by atoms with van der Waals surface area (Å²) in [5.41, 5.74) is 8.08. The van der Waals surface area contributed by atoms with Crippen molar-refractivity contribution in [3.8, 4) is 5.75 Å². The number of rotatable bonds is 4. The van der Waals surface area contributed by atoms with Crippen LogP contribution in [0.5, 0.6) is 5.75 Å². The standard InChI is InChI=1S/C24H22N2O4/c1-24(2)23(28)26(20-13-10-18(25)14-21(20)30-24)19-11-8-16(9-12-19)15-29-22(27)17-6-4-3-5-7-17/h3-14H,15,25H2,1-2H3. The van der Waals surface area contributed by atoms with Crippen LogP contribution in [0.15, 0.2) is 72.8 Å². The molecule has 0 aromatic heterocycles. The topological polar surface area (TPSA) is 81.9 Å². The molecule has 1 amide bonds. The molecular weight excluding hydrogens is 380 g/mol. The molecule has 0 saturated heterocycles. The molecule has 1 heterocycles. The molecular formula is C24H22N2O4. The van der Waals surface area contributed by atoms with E-state index in [0.717, 1.165) is 5.56 Å². The van der Waals surface area contributed by atoms with Crippen LogP contribution < -0.4 is 15.4 Å². The van der Waals surface area contributed by atoms with Crippen molar-refractivity contribution < 1.29 is 19.1 Å². The number of amides is 1. The van der Waals surface area contributed by atoms with Crippen molar-refractivity contribution in [3.63, 3.8) is 0 Å². The Hall–Kier alpha value is -3.80. The van der Waals surface area contributed by atoms with Crippen LogP contribution in [0.4, 0.5) is 17.1 Å². The van der Waals surface area contributed by atoms with E-state index in [1.807, 2.05) is 30.3 Å². The van der Waals surface area contributed by atoms with Gasteiger partial charge in [-0.05, 0) is 55.8 Å². The van der Waals surface area contributed by atoms with E-state index >= 15 is 0 Å². The molecule has 6 nitrogen and oxygen atoms in total. The summed E-state index contributed by atoms with van der Waals surface area (Å²) in [5, 5.41) is 0. The first-order chi connectivity index (χ1) is 14.3. The Bertz CT molecular complexity index is 1090. The second kappa shape index (κ2) is 7.55. The smallest absolute Gasteiger partial charge is 0.338 e. The highest BCUT2D eigenvalue weighted by atomic mass is 16.5. The van der Waals surface area contributed by atoms with Crippen molar-refractivity contribution in [1.29, 1.82) is 0 Å². The normalized spacial score (nSPS) is 14.6. The number of fused-ring (bicyclic) bond motifs is 1. The fraction of sp³-hybridized carbons (Fsp3) is 0.167. The molecule has 2 N–H and O–H groups in total. The van der Waals surface area contributed by atoms with Gasteiger partial charge in [-0.1, -0.05) is 30.3 Å². The highest BCUT2D eigenvalue weighted by molar-refractivity contribution is 6.08. The predicted octanol–water partition coefficient (Wildman–Crippen LogP) is 4.46. The predicted molar refractivity (Wildman–Crippen MR) is 115 cm³/mol. The first kappa shape index (κ1) is 19.5. The van der Waals surface area contributed by atoms with E-state index in [2.05, 4.69) is 0 Å². The van der Waals surface area contributed by atoms with E-state index in [1.165, 1.54) is 0 Å². The quantitative estimate of drug-likeness (QED) is 0.515. The number of carbonyl (C=O) groups is 2. The van der Waals surface area contributed by atoms with Gasteiger partial charge in [0.05, 0.1) is 11.3 Å². The molecule has 3 aromatic carbocycles. The fourth-order valence-corrected chi connectivity index (χ4v) is 3.30. The van der Waals surface area contributed by atoms with Gasteiger partial charge in [0, 0.05) is 17.4 Å². The second-order valence-corrected chi connectivity index (χ2v) is 7.59. The van der Waals surface area contributed by atoms with Crippen molar-refractivity contribution in [2.75, 3.05) is 10.6 Å². The molecule has 0 spiro atoms. The molecule has 0 fully saturated rings. The monoisotopic (exact) mass is 402 g/mol. The number of nitrogens with zero attached hydrogens (tertiary/aromatic N) is 1. The summed E-state index contributed by atoms with van der Waals surface area (Å²) in [6.45, 7) is 3.60. The van der Waals surface area contributed by atoms with E-state index in [1.54, 1.807) is 61.2 Å². The molecule has 6 heteroatoms. The molecule has 1 aliphatic rings. The third kappa shape index (κ3) is 3.72. The average molecular weight is 402 g/mol. The van der Waals surface area contributed by atoms with Gasteiger partial charge in [0.15, 0.2) is 5.60 Å². The first-order valence-corrected chi connectivity index (χ1v) is 9.59. The Morgan fingerprint density at radius 1 is 1.03 bits per heavy atom. The Kier molecular flexibility index (Phi) is 4.91. The van der Waals surface area contributed by atoms with Crippen molar-refractivity contribution in [2.45, 2.75) is 26.1 Å². The minimum Gasteiger partial charge on any atom is -0.476 e. The van der Waals surface area contributed by atoms with Crippen molar-refractivity contribution in [2.24, 2.45) is 0 Å². The van der Waals surface area contributed by atoms with Gasteiger partial charge >= 0.3 is 5.97 Å². The number of carbonyl (C=O) groups excluding carboxylic acids is 2. The van der Waals surface area contributed by atoms with Gasteiger partial charge in [0.1, 0.15) is 12.4 Å². The summed E-state index contributed by atoms with van der Waals surface area (Å²) in [4.78, 5) is 26.8. The Morgan fingerprint density at radius 2 is 1.73 bits per heavy atom. The zero-order valence-corrected chi connectivity index (χ0v) is 16.8. The molecule has 0 atom stereocenters. The lowest BCUT2D eigenvalue weighted by Crippen LogP contribution is -2.50. The van der Waals surface area contributed by atoms with Gasteiger partial charge in [0.2, 0.25) is 0 Å². The fourth-order valence-electron chi connectivity index (χ4n) is 3.30. The van der Waals surface area contributed by atoms with Gasteiger partial charge in [-0.25, -0.2) is 4.79 Å². The van der Waals surface area contributed by atoms with Crippen LogP contribution in [0.1, 0.15) is 29.8 Å². The first-order valence-electron chi connectivity index (χ1n) is 9.59. The Balaban J connectivity index is 1.55. The highest BCUT2D eigenvalue weighted by Crippen LogP contribution is 2.42. The van der Waals surface area contributed by atoms with E-state index in [0.29, 0.717) is 28.4 Å². The van der Waals surface area contributed by atoms with E-state index < -0.39 is 5.60 Å². The van der Waals surface area contributed by atoms with Crippen LogP contribution in [0.3, 0.4) is 0 Å². The maximum atomic E-state index is 13.1. The maximum Gasteiger partial charge on any atom is 0.338 e. The molecule has 30 heavy (non-hydrogen) atoms. The lowest BCUT2D eigenvalue weighted by atomic mass is 10.0. The van der Waals surface area contributed by atoms with Gasteiger partial charge in [-0.2, -0.15) is 0 Å². The number of hydrogen-bond acceptors (Lipinski definition) is 5.